The number of hydrogen-bond acceptors (Lipinski definition) is 2. The quantitative estimate of drug-likeness (QED) is 0.557. The van der Waals surface area contributed by atoms with Crippen LogP contribution >= 0.6 is 0 Å². The zero-order valence-electron chi connectivity index (χ0n) is 6.31. The third-order valence-electron chi connectivity index (χ3n) is 0.844. The van der Waals surface area contributed by atoms with Crippen molar-refractivity contribution in [2.24, 2.45) is 10.7 Å². The van der Waals surface area contributed by atoms with Crippen LogP contribution < -0.4 is 5.73 Å². The molecule has 0 saturated heterocycles. The molecule has 0 aromatic carbocycles. The largest absolute Gasteiger partial charge is 0.402 e. The van der Waals surface area contributed by atoms with E-state index in [1.165, 1.54) is 0 Å². The lowest BCUT2D eigenvalue weighted by molar-refractivity contribution is 1.13. The highest BCUT2D eigenvalue weighted by atomic mass is 14.7. The first-order valence-corrected chi connectivity index (χ1v) is 3.11. The van der Waals surface area contributed by atoms with E-state index in [-0.39, 0.29) is 0 Å². The van der Waals surface area contributed by atoms with Crippen LogP contribution in [0.1, 0.15) is 20.8 Å². The van der Waals surface area contributed by atoms with Gasteiger partial charge in [-0.15, -0.1) is 0 Å². The van der Waals surface area contributed by atoms with E-state index in [0.717, 1.165) is 18.0 Å². The van der Waals surface area contributed by atoms with Crippen molar-refractivity contribution in [2.45, 2.75) is 20.8 Å². The summed E-state index contributed by atoms with van der Waals surface area (Å²) in [4.78, 5) is 4.12. The van der Waals surface area contributed by atoms with E-state index in [9.17, 15) is 0 Å². The van der Waals surface area contributed by atoms with Crippen LogP contribution in [0, 0.1) is 0 Å². The molecule has 0 aromatic rings. The average Bonchev–Trinajstić information content (AvgIpc) is 1.63. The van der Waals surface area contributed by atoms with Crippen LogP contribution in [0.5, 0.6) is 0 Å². The number of hydrogen-bond donors (Lipinski definition) is 1. The fourth-order valence-corrected chi connectivity index (χ4v) is 0.625. The molecule has 0 radical (unpaired) electrons. The van der Waals surface area contributed by atoms with Gasteiger partial charge in [0, 0.05) is 18.0 Å². The van der Waals surface area contributed by atoms with Gasteiger partial charge in [0.25, 0.3) is 0 Å². The van der Waals surface area contributed by atoms with E-state index >= 15 is 0 Å². The maximum atomic E-state index is 5.40. The lowest BCUT2D eigenvalue weighted by Crippen LogP contribution is -1.95. The van der Waals surface area contributed by atoms with Crippen molar-refractivity contribution in [1.29, 1.82) is 0 Å². The van der Waals surface area contributed by atoms with E-state index in [1.54, 1.807) is 0 Å². The SMILES string of the molecule is CCN=C(C)C=C(C)N. The summed E-state index contributed by atoms with van der Waals surface area (Å²) >= 11 is 0. The smallest absolute Gasteiger partial charge is 0.0364 e. The van der Waals surface area contributed by atoms with Crippen molar-refractivity contribution in [1.82, 2.24) is 0 Å². The Kier molecular flexibility index (Phi) is 3.76. The second kappa shape index (κ2) is 4.13. The topological polar surface area (TPSA) is 38.4 Å². The van der Waals surface area contributed by atoms with Crippen molar-refractivity contribution in [3.63, 3.8) is 0 Å². The van der Waals surface area contributed by atoms with Crippen molar-refractivity contribution < 1.29 is 0 Å². The van der Waals surface area contributed by atoms with Gasteiger partial charge in [0.2, 0.25) is 0 Å². The van der Waals surface area contributed by atoms with Gasteiger partial charge in [0.05, 0.1) is 0 Å². The Morgan fingerprint density at radius 3 is 2.44 bits per heavy atom. The molecule has 0 spiro atoms. The van der Waals surface area contributed by atoms with Crippen LogP contribution in [0.15, 0.2) is 16.8 Å². The van der Waals surface area contributed by atoms with Crippen LogP contribution in [-0.4, -0.2) is 12.3 Å². The molecule has 0 aliphatic rings. The van der Waals surface area contributed by atoms with Gasteiger partial charge in [-0.1, -0.05) is 0 Å². The van der Waals surface area contributed by atoms with Crippen molar-refractivity contribution in [2.75, 3.05) is 6.54 Å². The molecule has 0 bridgehead atoms. The molecule has 52 valence electrons. The van der Waals surface area contributed by atoms with Crippen LogP contribution in [0.3, 0.4) is 0 Å². The molecular formula is C7H14N2. The third-order valence-corrected chi connectivity index (χ3v) is 0.844. The molecule has 0 amide bonds. The van der Waals surface area contributed by atoms with Gasteiger partial charge in [-0.2, -0.15) is 0 Å². The molecule has 0 aliphatic heterocycles. The van der Waals surface area contributed by atoms with Gasteiger partial charge in [-0.25, -0.2) is 0 Å². The Bertz CT molecular complexity index is 130. The van der Waals surface area contributed by atoms with Gasteiger partial charge < -0.3 is 5.73 Å². The first-order chi connectivity index (χ1) is 4.16. The standard InChI is InChI=1S/C7H14N2/c1-4-9-7(3)5-6(2)8/h5H,4,8H2,1-3H3. The predicted octanol–water partition coefficient (Wildman–Crippen LogP) is 1.33. The first kappa shape index (κ1) is 8.21. The third kappa shape index (κ3) is 5.07. The van der Waals surface area contributed by atoms with E-state index in [1.807, 2.05) is 26.8 Å². The Hall–Kier alpha value is -0.790. The van der Waals surface area contributed by atoms with Gasteiger partial charge >= 0.3 is 0 Å². The molecule has 0 atom stereocenters. The molecular weight excluding hydrogens is 112 g/mol. The van der Waals surface area contributed by atoms with Crippen molar-refractivity contribution in [3.8, 4) is 0 Å². The van der Waals surface area contributed by atoms with E-state index in [4.69, 9.17) is 5.73 Å². The minimum Gasteiger partial charge on any atom is -0.402 e. The molecule has 0 aliphatic carbocycles. The van der Waals surface area contributed by atoms with Gasteiger partial charge in [0.1, 0.15) is 0 Å². The van der Waals surface area contributed by atoms with Crippen LogP contribution in [-0.2, 0) is 0 Å². The van der Waals surface area contributed by atoms with E-state index in [0.29, 0.717) is 0 Å². The van der Waals surface area contributed by atoms with Gasteiger partial charge in [0.15, 0.2) is 0 Å². The van der Waals surface area contributed by atoms with Crippen LogP contribution in [0.4, 0.5) is 0 Å². The van der Waals surface area contributed by atoms with Gasteiger partial charge in [-0.3, -0.25) is 4.99 Å². The Morgan fingerprint density at radius 2 is 2.11 bits per heavy atom. The number of aliphatic imine (C=N–C) groups is 1. The lowest BCUT2D eigenvalue weighted by Gasteiger charge is -1.90. The van der Waals surface area contributed by atoms with Crippen LogP contribution in [0.25, 0.3) is 0 Å². The van der Waals surface area contributed by atoms with E-state index in [2.05, 4.69) is 4.99 Å². The van der Waals surface area contributed by atoms with Crippen molar-refractivity contribution in [3.05, 3.63) is 11.8 Å². The Balaban J connectivity index is 3.90. The Labute approximate surface area is 56.5 Å². The molecule has 2 heteroatoms. The highest BCUT2D eigenvalue weighted by Crippen LogP contribution is 1.84. The van der Waals surface area contributed by atoms with Crippen molar-refractivity contribution >= 4 is 5.71 Å². The monoisotopic (exact) mass is 126 g/mol. The molecule has 2 nitrogen and oxygen atoms in total. The highest BCUT2D eigenvalue weighted by Gasteiger charge is 1.81. The fourth-order valence-electron chi connectivity index (χ4n) is 0.625. The summed E-state index contributed by atoms with van der Waals surface area (Å²) in [7, 11) is 0. The predicted molar refractivity (Wildman–Crippen MR) is 41.6 cm³/mol. The molecule has 2 N–H and O–H groups in total. The van der Waals surface area contributed by atoms with Gasteiger partial charge in [-0.05, 0) is 26.8 Å². The maximum absolute atomic E-state index is 5.40. The Morgan fingerprint density at radius 1 is 1.56 bits per heavy atom. The minimum atomic E-state index is 0.810. The summed E-state index contributed by atoms with van der Waals surface area (Å²) in [6.07, 6.45) is 1.86. The zero-order valence-corrected chi connectivity index (χ0v) is 6.31. The number of allylic oxidation sites excluding steroid dienone is 2. The maximum Gasteiger partial charge on any atom is 0.0364 e. The number of rotatable bonds is 2. The highest BCUT2D eigenvalue weighted by molar-refractivity contribution is 5.93. The summed E-state index contributed by atoms with van der Waals surface area (Å²) in [5.41, 5.74) is 7.21. The number of nitrogens with zero attached hydrogens (tertiary/aromatic N) is 1. The summed E-state index contributed by atoms with van der Waals surface area (Å²) in [5, 5.41) is 0. The van der Waals surface area contributed by atoms with Crippen LogP contribution in [0.2, 0.25) is 0 Å². The first-order valence-electron chi connectivity index (χ1n) is 3.11. The molecule has 0 saturated carbocycles. The molecule has 0 rings (SSSR count). The summed E-state index contributed by atoms with van der Waals surface area (Å²) < 4.78 is 0. The average molecular weight is 126 g/mol. The molecule has 0 aromatic heterocycles. The second-order valence-electron chi connectivity index (χ2n) is 2.00. The summed E-state index contributed by atoms with van der Waals surface area (Å²) in [5.74, 6) is 0. The molecule has 0 heterocycles. The molecule has 9 heavy (non-hydrogen) atoms. The minimum absolute atomic E-state index is 0.810. The molecule has 0 fully saturated rings. The summed E-state index contributed by atoms with van der Waals surface area (Å²) in [6.45, 7) is 6.63. The number of nitrogens with two attached hydrogens (primary N) is 1. The second-order valence-corrected chi connectivity index (χ2v) is 2.00. The summed E-state index contributed by atoms with van der Waals surface area (Å²) in [6, 6.07) is 0. The normalized spacial score (nSPS) is 14.1. The lowest BCUT2D eigenvalue weighted by atomic mass is 10.3. The van der Waals surface area contributed by atoms with E-state index < -0.39 is 0 Å². The fraction of sp³-hybridized carbons (Fsp3) is 0.571. The molecule has 0 unspecified atom stereocenters. The zero-order chi connectivity index (χ0) is 7.28.